The molecule has 1 unspecified atom stereocenters. The minimum atomic E-state index is 0.399. The third kappa shape index (κ3) is 3.17. The van der Waals surface area contributed by atoms with E-state index in [0.717, 1.165) is 30.4 Å². The number of nitrogens with two attached hydrogens (primary N) is 1. The van der Waals surface area contributed by atoms with E-state index in [2.05, 4.69) is 35.6 Å². The molecular weight excluding hydrogens is 236 g/mol. The predicted octanol–water partition coefficient (Wildman–Crippen LogP) is 3.02. The van der Waals surface area contributed by atoms with Crippen LogP contribution in [0.3, 0.4) is 0 Å². The summed E-state index contributed by atoms with van der Waals surface area (Å²) in [6.45, 7) is 11.2. The van der Waals surface area contributed by atoms with Crippen LogP contribution in [0.25, 0.3) is 0 Å². The Morgan fingerprint density at radius 1 is 1.21 bits per heavy atom. The summed E-state index contributed by atoms with van der Waals surface area (Å²) in [5.41, 5.74) is 7.29. The van der Waals surface area contributed by atoms with Crippen molar-refractivity contribution in [3.63, 3.8) is 0 Å². The molecule has 0 radical (unpaired) electrons. The Balaban J connectivity index is 2.13. The molecule has 0 amide bonds. The molecule has 4 nitrogen and oxygen atoms in total. The first-order valence-electron chi connectivity index (χ1n) is 7.21. The minimum absolute atomic E-state index is 0.399. The molecule has 106 valence electrons. The predicted molar refractivity (Wildman–Crippen MR) is 80.2 cm³/mol. The lowest BCUT2D eigenvalue weighted by atomic mass is 9.77. The number of aromatic nitrogens is 2. The van der Waals surface area contributed by atoms with Gasteiger partial charge in [-0.25, -0.2) is 9.97 Å². The van der Waals surface area contributed by atoms with Gasteiger partial charge < -0.3 is 10.6 Å². The molecule has 4 heteroatoms. The highest BCUT2D eigenvalue weighted by Crippen LogP contribution is 2.35. The van der Waals surface area contributed by atoms with E-state index < -0.39 is 0 Å². The second kappa shape index (κ2) is 5.35. The van der Waals surface area contributed by atoms with Gasteiger partial charge in [0.1, 0.15) is 18.0 Å². The molecule has 1 aromatic heterocycles. The fourth-order valence-electron chi connectivity index (χ4n) is 2.95. The van der Waals surface area contributed by atoms with Gasteiger partial charge in [-0.05, 0) is 37.5 Å². The number of hydrogen-bond donors (Lipinski definition) is 1. The Hall–Kier alpha value is -1.32. The van der Waals surface area contributed by atoms with Gasteiger partial charge in [-0.2, -0.15) is 0 Å². The molecule has 2 heterocycles. The summed E-state index contributed by atoms with van der Waals surface area (Å²) in [5, 5.41) is 0. The molecule has 1 aliphatic heterocycles. The van der Waals surface area contributed by atoms with Crippen LogP contribution < -0.4 is 10.6 Å². The monoisotopic (exact) mass is 262 g/mol. The Morgan fingerprint density at radius 2 is 1.95 bits per heavy atom. The first-order chi connectivity index (χ1) is 8.89. The summed E-state index contributed by atoms with van der Waals surface area (Å²) in [4.78, 5) is 10.9. The lowest BCUT2D eigenvalue weighted by Crippen LogP contribution is -2.27. The van der Waals surface area contributed by atoms with Gasteiger partial charge in [0.25, 0.3) is 0 Å². The van der Waals surface area contributed by atoms with E-state index in [4.69, 9.17) is 5.73 Å². The van der Waals surface area contributed by atoms with Crippen LogP contribution in [0.15, 0.2) is 6.33 Å². The van der Waals surface area contributed by atoms with Gasteiger partial charge in [-0.3, -0.25) is 0 Å². The minimum Gasteiger partial charge on any atom is -0.383 e. The highest BCUT2D eigenvalue weighted by atomic mass is 15.2. The highest BCUT2D eigenvalue weighted by molar-refractivity contribution is 5.55. The molecular formula is C15H26N4. The van der Waals surface area contributed by atoms with E-state index in [9.17, 15) is 0 Å². The molecule has 1 aliphatic rings. The Bertz CT molecular complexity index is 436. The van der Waals surface area contributed by atoms with Gasteiger partial charge in [0.15, 0.2) is 0 Å². The van der Waals surface area contributed by atoms with E-state index >= 15 is 0 Å². The van der Waals surface area contributed by atoms with Crippen LogP contribution in [0.4, 0.5) is 11.6 Å². The van der Waals surface area contributed by atoms with Gasteiger partial charge >= 0.3 is 0 Å². The fraction of sp³-hybridized carbons (Fsp3) is 0.733. The van der Waals surface area contributed by atoms with E-state index in [-0.39, 0.29) is 0 Å². The van der Waals surface area contributed by atoms with Gasteiger partial charge in [0, 0.05) is 18.7 Å². The zero-order chi connectivity index (χ0) is 14.0. The molecule has 2 rings (SSSR count). The van der Waals surface area contributed by atoms with Crippen molar-refractivity contribution in [1.82, 2.24) is 9.97 Å². The number of nitrogen functional groups attached to an aromatic ring is 1. The quantitative estimate of drug-likeness (QED) is 0.845. The summed E-state index contributed by atoms with van der Waals surface area (Å²) in [7, 11) is 0. The molecule has 0 aromatic carbocycles. The van der Waals surface area contributed by atoms with Crippen molar-refractivity contribution in [2.45, 2.75) is 47.0 Å². The Labute approximate surface area is 116 Å². The van der Waals surface area contributed by atoms with Crippen molar-refractivity contribution < 1.29 is 0 Å². The molecule has 2 N–H and O–H groups in total. The third-order valence-electron chi connectivity index (χ3n) is 4.35. The summed E-state index contributed by atoms with van der Waals surface area (Å²) in [6, 6.07) is 0. The number of hydrogen-bond acceptors (Lipinski definition) is 4. The van der Waals surface area contributed by atoms with Crippen molar-refractivity contribution in [2.75, 3.05) is 23.7 Å². The second-order valence-corrected chi connectivity index (χ2v) is 6.69. The van der Waals surface area contributed by atoms with E-state index in [1.54, 1.807) is 6.33 Å². The molecule has 19 heavy (non-hydrogen) atoms. The summed E-state index contributed by atoms with van der Waals surface area (Å²) in [5.74, 6) is 2.40. The lowest BCUT2D eigenvalue weighted by molar-refractivity contribution is 0.220. The number of anilines is 2. The zero-order valence-corrected chi connectivity index (χ0v) is 12.6. The average molecular weight is 262 g/mol. The molecule has 0 bridgehead atoms. The van der Waals surface area contributed by atoms with Crippen LogP contribution in [0.1, 0.15) is 45.6 Å². The molecule has 1 fully saturated rings. The van der Waals surface area contributed by atoms with Gasteiger partial charge in [0.2, 0.25) is 0 Å². The molecule has 0 saturated carbocycles. The fourth-order valence-corrected chi connectivity index (χ4v) is 2.95. The topological polar surface area (TPSA) is 55.0 Å². The van der Waals surface area contributed by atoms with Crippen molar-refractivity contribution in [3.05, 3.63) is 11.9 Å². The van der Waals surface area contributed by atoms with Crippen molar-refractivity contribution in [2.24, 2.45) is 11.3 Å². The molecule has 1 aromatic rings. The average Bonchev–Trinajstić information content (AvgIpc) is 2.57. The number of nitrogens with zero attached hydrogens (tertiary/aromatic N) is 3. The van der Waals surface area contributed by atoms with Crippen LogP contribution in [0.5, 0.6) is 0 Å². The SMILES string of the molecule is Cc1c(N)ncnc1N1CCCC(C(C)(C)C)CC1. The van der Waals surface area contributed by atoms with Crippen LogP contribution in [-0.4, -0.2) is 23.1 Å². The largest absolute Gasteiger partial charge is 0.383 e. The van der Waals surface area contributed by atoms with Crippen molar-refractivity contribution in [3.8, 4) is 0 Å². The zero-order valence-electron chi connectivity index (χ0n) is 12.6. The summed E-state index contributed by atoms with van der Waals surface area (Å²) in [6.07, 6.45) is 5.33. The molecule has 0 aliphatic carbocycles. The number of rotatable bonds is 1. The first kappa shape index (κ1) is 14.1. The van der Waals surface area contributed by atoms with E-state index in [1.165, 1.54) is 19.3 Å². The van der Waals surface area contributed by atoms with Gasteiger partial charge in [-0.15, -0.1) is 0 Å². The second-order valence-electron chi connectivity index (χ2n) is 6.69. The summed E-state index contributed by atoms with van der Waals surface area (Å²) < 4.78 is 0. The maximum absolute atomic E-state index is 5.89. The molecule has 0 spiro atoms. The van der Waals surface area contributed by atoms with Gasteiger partial charge in [0.05, 0.1) is 0 Å². The normalized spacial score (nSPS) is 21.3. The highest BCUT2D eigenvalue weighted by Gasteiger charge is 2.27. The first-order valence-corrected chi connectivity index (χ1v) is 7.21. The lowest BCUT2D eigenvalue weighted by Gasteiger charge is -2.30. The van der Waals surface area contributed by atoms with E-state index in [1.807, 2.05) is 6.92 Å². The third-order valence-corrected chi connectivity index (χ3v) is 4.35. The van der Waals surface area contributed by atoms with E-state index in [0.29, 0.717) is 11.2 Å². The Morgan fingerprint density at radius 3 is 2.63 bits per heavy atom. The maximum atomic E-state index is 5.89. The van der Waals surface area contributed by atoms with Crippen LogP contribution in [0, 0.1) is 18.3 Å². The Kier molecular flexibility index (Phi) is 3.97. The van der Waals surface area contributed by atoms with Crippen LogP contribution in [0.2, 0.25) is 0 Å². The van der Waals surface area contributed by atoms with Crippen LogP contribution >= 0.6 is 0 Å². The summed E-state index contributed by atoms with van der Waals surface area (Å²) >= 11 is 0. The van der Waals surface area contributed by atoms with Gasteiger partial charge in [-0.1, -0.05) is 20.8 Å². The standard InChI is InChI=1S/C15H26N4/c1-11-13(16)17-10-18-14(11)19-8-5-6-12(7-9-19)15(2,3)4/h10,12H,5-9H2,1-4H3,(H2,16,17,18). The van der Waals surface area contributed by atoms with Crippen molar-refractivity contribution >= 4 is 11.6 Å². The maximum Gasteiger partial charge on any atom is 0.137 e. The van der Waals surface area contributed by atoms with Crippen molar-refractivity contribution in [1.29, 1.82) is 0 Å². The van der Waals surface area contributed by atoms with Crippen LogP contribution in [-0.2, 0) is 0 Å². The molecule has 1 atom stereocenters. The smallest absolute Gasteiger partial charge is 0.137 e. The molecule has 1 saturated heterocycles.